The maximum Gasteiger partial charge on any atom is 0.246 e. The minimum Gasteiger partial charge on any atom is -0.395 e. The molecule has 0 radical (unpaired) electrons. The lowest BCUT2D eigenvalue weighted by atomic mass is 10.2. The maximum absolute atomic E-state index is 13.6. The molecule has 0 atom stereocenters. The Morgan fingerprint density at radius 3 is 2.50 bits per heavy atom. The molecule has 0 saturated carbocycles. The fourth-order valence-corrected chi connectivity index (χ4v) is 3.36. The van der Waals surface area contributed by atoms with Gasteiger partial charge < -0.3 is 5.11 Å². The summed E-state index contributed by atoms with van der Waals surface area (Å²) in [6, 6.07) is 2.31. The zero-order valence-electron chi connectivity index (χ0n) is 11.3. The van der Waals surface area contributed by atoms with E-state index >= 15 is 0 Å². The van der Waals surface area contributed by atoms with Gasteiger partial charge in [0.25, 0.3) is 0 Å². The van der Waals surface area contributed by atoms with Crippen LogP contribution in [-0.4, -0.2) is 37.5 Å². The molecule has 0 amide bonds. The van der Waals surface area contributed by atoms with Gasteiger partial charge in [-0.3, -0.25) is 0 Å². The Labute approximate surface area is 118 Å². The van der Waals surface area contributed by atoms with E-state index in [0.29, 0.717) is 12.5 Å². The molecule has 20 heavy (non-hydrogen) atoms. The Kier molecular flexibility index (Phi) is 6.51. The number of nitrogens with zero attached hydrogens (tertiary/aromatic N) is 1. The van der Waals surface area contributed by atoms with Crippen LogP contribution in [0, 0.1) is 11.6 Å². The monoisotopic (exact) mass is 307 g/mol. The van der Waals surface area contributed by atoms with E-state index in [0.717, 1.165) is 29.3 Å². The first-order valence-corrected chi connectivity index (χ1v) is 7.93. The average Bonchev–Trinajstić information content (AvgIpc) is 2.40. The van der Waals surface area contributed by atoms with E-state index in [1.165, 1.54) is 0 Å². The molecular weight excluding hydrogens is 288 g/mol. The highest BCUT2D eigenvalue weighted by Gasteiger charge is 2.27. The first-order valence-electron chi connectivity index (χ1n) is 6.49. The van der Waals surface area contributed by atoms with E-state index in [-0.39, 0.29) is 19.7 Å². The Morgan fingerprint density at radius 1 is 1.20 bits per heavy atom. The second-order valence-electron chi connectivity index (χ2n) is 4.41. The van der Waals surface area contributed by atoms with Crippen molar-refractivity contribution in [1.82, 2.24) is 4.31 Å². The predicted molar refractivity (Wildman–Crippen MR) is 71.7 cm³/mol. The van der Waals surface area contributed by atoms with Gasteiger partial charge in [0.1, 0.15) is 16.5 Å². The number of hydrogen-bond donors (Lipinski definition) is 1. The molecule has 0 aliphatic heterocycles. The van der Waals surface area contributed by atoms with E-state index in [1.54, 1.807) is 0 Å². The highest BCUT2D eigenvalue weighted by Crippen LogP contribution is 2.20. The zero-order chi connectivity index (χ0) is 15.2. The second-order valence-corrected chi connectivity index (χ2v) is 6.32. The van der Waals surface area contributed by atoms with Gasteiger partial charge in [-0.25, -0.2) is 17.2 Å². The van der Waals surface area contributed by atoms with Crippen molar-refractivity contribution in [2.45, 2.75) is 31.1 Å². The third-order valence-corrected chi connectivity index (χ3v) is 4.79. The van der Waals surface area contributed by atoms with Gasteiger partial charge in [0.15, 0.2) is 0 Å². The SMILES string of the molecule is CCCCCN(CCO)S(=O)(=O)c1cc(F)ccc1F. The summed E-state index contributed by atoms with van der Waals surface area (Å²) in [5.41, 5.74) is 0. The molecule has 1 rings (SSSR count). The lowest BCUT2D eigenvalue weighted by Gasteiger charge is -2.21. The number of aliphatic hydroxyl groups is 1. The molecule has 0 spiro atoms. The highest BCUT2D eigenvalue weighted by molar-refractivity contribution is 7.89. The zero-order valence-corrected chi connectivity index (χ0v) is 12.2. The summed E-state index contributed by atoms with van der Waals surface area (Å²) in [5.74, 6) is -1.81. The number of unbranched alkanes of at least 4 members (excludes halogenated alkanes) is 2. The van der Waals surface area contributed by atoms with E-state index in [2.05, 4.69) is 0 Å². The molecular formula is C13H19F2NO3S. The summed E-state index contributed by atoms with van der Waals surface area (Å²) in [4.78, 5) is -0.692. The van der Waals surface area contributed by atoms with Gasteiger partial charge in [-0.2, -0.15) is 4.31 Å². The quantitative estimate of drug-likeness (QED) is 0.749. The van der Waals surface area contributed by atoms with Crippen LogP contribution < -0.4 is 0 Å². The van der Waals surface area contributed by atoms with E-state index in [1.807, 2.05) is 6.92 Å². The third kappa shape index (κ3) is 4.22. The van der Waals surface area contributed by atoms with Crippen LogP contribution in [0.25, 0.3) is 0 Å². The lowest BCUT2D eigenvalue weighted by Crippen LogP contribution is -2.35. The minimum absolute atomic E-state index is 0.137. The van der Waals surface area contributed by atoms with Crippen molar-refractivity contribution in [2.75, 3.05) is 19.7 Å². The Bertz CT molecular complexity index is 534. The van der Waals surface area contributed by atoms with Crippen LogP contribution in [0.15, 0.2) is 23.1 Å². The molecule has 1 aromatic carbocycles. The Hall–Kier alpha value is -1.05. The third-order valence-electron chi connectivity index (χ3n) is 2.87. The summed E-state index contributed by atoms with van der Waals surface area (Å²) in [6.07, 6.45) is 2.33. The van der Waals surface area contributed by atoms with Gasteiger partial charge in [-0.1, -0.05) is 19.8 Å². The predicted octanol–water partition coefficient (Wildman–Crippen LogP) is 2.14. The average molecular weight is 307 g/mol. The number of hydrogen-bond acceptors (Lipinski definition) is 3. The summed E-state index contributed by atoms with van der Waals surface area (Å²) in [5, 5.41) is 8.95. The van der Waals surface area contributed by atoms with Crippen molar-refractivity contribution in [3.8, 4) is 0 Å². The summed E-state index contributed by atoms with van der Waals surface area (Å²) >= 11 is 0. The minimum atomic E-state index is -4.14. The standard InChI is InChI=1S/C13H19F2NO3S/c1-2-3-4-7-16(8-9-17)20(18,19)13-10-11(14)5-6-12(13)15/h5-6,10,17H,2-4,7-9H2,1H3. The first kappa shape index (κ1) is 17.0. The van der Waals surface area contributed by atoms with Gasteiger partial charge in [-0.15, -0.1) is 0 Å². The van der Waals surface area contributed by atoms with Crippen LogP contribution in [0.5, 0.6) is 0 Å². The number of benzene rings is 1. The molecule has 114 valence electrons. The molecule has 0 unspecified atom stereocenters. The summed E-state index contributed by atoms with van der Waals surface area (Å²) in [7, 11) is -4.14. The molecule has 0 aliphatic rings. The molecule has 0 heterocycles. The van der Waals surface area contributed by atoms with Crippen molar-refractivity contribution in [1.29, 1.82) is 0 Å². The normalized spacial score (nSPS) is 12.1. The molecule has 0 aliphatic carbocycles. The number of aliphatic hydroxyl groups excluding tert-OH is 1. The van der Waals surface area contributed by atoms with Crippen LogP contribution in [0.3, 0.4) is 0 Å². The van der Waals surface area contributed by atoms with Gasteiger partial charge in [0, 0.05) is 13.1 Å². The number of sulfonamides is 1. The van der Waals surface area contributed by atoms with E-state index in [4.69, 9.17) is 5.11 Å². The van der Waals surface area contributed by atoms with E-state index < -0.39 is 26.6 Å². The first-order chi connectivity index (χ1) is 9.43. The molecule has 0 aromatic heterocycles. The van der Waals surface area contributed by atoms with Crippen LogP contribution in [0.1, 0.15) is 26.2 Å². The molecule has 0 bridgehead atoms. The summed E-state index contributed by atoms with van der Waals surface area (Å²) < 4.78 is 52.3. The van der Waals surface area contributed by atoms with Crippen LogP contribution in [-0.2, 0) is 10.0 Å². The molecule has 1 N–H and O–H groups in total. The van der Waals surface area contributed by atoms with Crippen LogP contribution in [0.4, 0.5) is 8.78 Å². The molecule has 7 heteroatoms. The smallest absolute Gasteiger partial charge is 0.246 e. The maximum atomic E-state index is 13.6. The van der Waals surface area contributed by atoms with Crippen molar-refractivity contribution in [2.24, 2.45) is 0 Å². The van der Waals surface area contributed by atoms with Gasteiger partial charge in [-0.05, 0) is 24.6 Å². The van der Waals surface area contributed by atoms with Gasteiger partial charge >= 0.3 is 0 Å². The van der Waals surface area contributed by atoms with Gasteiger partial charge in [0.05, 0.1) is 6.61 Å². The molecule has 0 saturated heterocycles. The fourth-order valence-electron chi connectivity index (χ4n) is 1.82. The Balaban J connectivity index is 3.05. The fraction of sp³-hybridized carbons (Fsp3) is 0.538. The molecule has 1 aromatic rings. The van der Waals surface area contributed by atoms with Crippen LogP contribution in [0.2, 0.25) is 0 Å². The van der Waals surface area contributed by atoms with E-state index in [9.17, 15) is 17.2 Å². The molecule has 4 nitrogen and oxygen atoms in total. The van der Waals surface area contributed by atoms with Crippen molar-refractivity contribution < 1.29 is 22.3 Å². The topological polar surface area (TPSA) is 57.6 Å². The Morgan fingerprint density at radius 2 is 1.90 bits per heavy atom. The lowest BCUT2D eigenvalue weighted by molar-refractivity contribution is 0.251. The second kappa shape index (κ2) is 7.66. The van der Waals surface area contributed by atoms with Gasteiger partial charge in [0.2, 0.25) is 10.0 Å². The number of rotatable bonds is 8. The summed E-state index contributed by atoms with van der Waals surface area (Å²) in [6.45, 7) is 1.63. The molecule has 0 fully saturated rings. The van der Waals surface area contributed by atoms with Crippen molar-refractivity contribution >= 4 is 10.0 Å². The largest absolute Gasteiger partial charge is 0.395 e. The van der Waals surface area contributed by atoms with Crippen LogP contribution >= 0.6 is 0 Å². The van der Waals surface area contributed by atoms with Crippen molar-refractivity contribution in [3.05, 3.63) is 29.8 Å². The number of halogens is 2. The highest BCUT2D eigenvalue weighted by atomic mass is 32.2. The van der Waals surface area contributed by atoms with Crippen molar-refractivity contribution in [3.63, 3.8) is 0 Å².